The number of halogens is 2. The summed E-state index contributed by atoms with van der Waals surface area (Å²) < 4.78 is 11.4. The Morgan fingerprint density at radius 2 is 1.90 bits per heavy atom. The largest absolute Gasteiger partial charge is 0.486 e. The maximum Gasteiger partial charge on any atom is 0.161 e. The molecule has 0 fully saturated rings. The van der Waals surface area contributed by atoms with Crippen LogP contribution in [0.5, 0.6) is 11.5 Å². The molecule has 2 aromatic rings. The predicted octanol–water partition coefficient (Wildman–Crippen LogP) is 3.74. The van der Waals surface area contributed by atoms with Crippen molar-refractivity contribution >= 4 is 23.2 Å². The van der Waals surface area contributed by atoms with Gasteiger partial charge >= 0.3 is 0 Å². The minimum absolute atomic E-state index is 0.309. The summed E-state index contributed by atoms with van der Waals surface area (Å²) in [5.41, 5.74) is 0.830. The Labute approximate surface area is 133 Å². The van der Waals surface area contributed by atoms with E-state index in [1.165, 1.54) is 0 Å². The van der Waals surface area contributed by atoms with Crippen LogP contribution in [0.3, 0.4) is 0 Å². The Bertz CT molecular complexity index is 645. The topological polar surface area (TPSA) is 38.7 Å². The minimum atomic E-state index is -0.711. The fourth-order valence-corrected chi connectivity index (χ4v) is 2.76. The molecule has 0 radical (unpaired) electrons. The first-order chi connectivity index (χ1) is 10.1. The molecule has 3 rings (SSSR count). The van der Waals surface area contributed by atoms with E-state index < -0.39 is 12.2 Å². The van der Waals surface area contributed by atoms with Crippen molar-refractivity contribution in [3.05, 3.63) is 58.1 Å². The number of fused-ring (bicyclic) bond motifs is 1. The Hall–Kier alpha value is -1.42. The summed E-state index contributed by atoms with van der Waals surface area (Å²) in [5.74, 6) is 1.35. The SMILES string of the molecule is OC(Cc1ccc(Cl)cc1Cl)C1COc2ccccc2O1. The van der Waals surface area contributed by atoms with Crippen LogP contribution in [0, 0.1) is 0 Å². The summed E-state index contributed by atoms with van der Waals surface area (Å²) in [6.45, 7) is 0.309. The van der Waals surface area contributed by atoms with Crippen molar-refractivity contribution in [3.8, 4) is 11.5 Å². The van der Waals surface area contributed by atoms with E-state index in [4.69, 9.17) is 32.7 Å². The van der Waals surface area contributed by atoms with E-state index in [1.54, 1.807) is 12.1 Å². The molecule has 3 nitrogen and oxygen atoms in total. The molecule has 0 spiro atoms. The fraction of sp³-hybridized carbons (Fsp3) is 0.250. The summed E-state index contributed by atoms with van der Waals surface area (Å²) in [4.78, 5) is 0. The van der Waals surface area contributed by atoms with Gasteiger partial charge in [0.2, 0.25) is 0 Å². The molecule has 1 aliphatic heterocycles. The minimum Gasteiger partial charge on any atom is -0.486 e. The maximum absolute atomic E-state index is 10.4. The number of aliphatic hydroxyl groups excluding tert-OH is 1. The van der Waals surface area contributed by atoms with Gasteiger partial charge in [0, 0.05) is 16.5 Å². The van der Waals surface area contributed by atoms with Gasteiger partial charge in [-0.05, 0) is 29.8 Å². The molecule has 2 unspecified atom stereocenters. The molecule has 2 aromatic carbocycles. The second-order valence-electron chi connectivity index (χ2n) is 4.92. The normalized spacial score (nSPS) is 18.3. The zero-order valence-electron chi connectivity index (χ0n) is 11.1. The quantitative estimate of drug-likeness (QED) is 0.934. The van der Waals surface area contributed by atoms with Crippen molar-refractivity contribution in [1.29, 1.82) is 0 Å². The third kappa shape index (κ3) is 3.26. The van der Waals surface area contributed by atoms with Crippen LogP contribution in [0.15, 0.2) is 42.5 Å². The maximum atomic E-state index is 10.4. The van der Waals surface area contributed by atoms with Crippen LogP contribution >= 0.6 is 23.2 Å². The number of rotatable bonds is 3. The number of benzene rings is 2. The highest BCUT2D eigenvalue weighted by Crippen LogP contribution is 2.32. The van der Waals surface area contributed by atoms with Gasteiger partial charge in [0.15, 0.2) is 17.6 Å². The van der Waals surface area contributed by atoms with Crippen LogP contribution in [-0.4, -0.2) is 23.9 Å². The van der Waals surface area contributed by atoms with E-state index in [0.717, 1.165) is 5.56 Å². The lowest BCUT2D eigenvalue weighted by Crippen LogP contribution is -2.40. The third-order valence-electron chi connectivity index (χ3n) is 3.40. The lowest BCUT2D eigenvalue weighted by atomic mass is 10.0. The zero-order valence-corrected chi connectivity index (χ0v) is 12.6. The number of aliphatic hydroxyl groups is 1. The smallest absolute Gasteiger partial charge is 0.161 e. The molecular formula is C16H14Cl2O3. The summed E-state index contributed by atoms with van der Waals surface area (Å²) in [5, 5.41) is 11.5. The number of hydrogen-bond donors (Lipinski definition) is 1. The van der Waals surface area contributed by atoms with Gasteiger partial charge < -0.3 is 14.6 Å². The molecule has 0 saturated heterocycles. The molecule has 110 valence electrons. The van der Waals surface area contributed by atoms with Gasteiger partial charge in [-0.25, -0.2) is 0 Å². The second-order valence-corrected chi connectivity index (χ2v) is 5.76. The van der Waals surface area contributed by atoms with Crippen molar-refractivity contribution in [2.24, 2.45) is 0 Å². The van der Waals surface area contributed by atoms with Gasteiger partial charge in [-0.2, -0.15) is 0 Å². The molecule has 2 atom stereocenters. The molecule has 1 heterocycles. The second kappa shape index (κ2) is 6.14. The first-order valence-electron chi connectivity index (χ1n) is 6.64. The van der Waals surface area contributed by atoms with Crippen molar-refractivity contribution in [1.82, 2.24) is 0 Å². The van der Waals surface area contributed by atoms with Crippen LogP contribution in [0.4, 0.5) is 0 Å². The molecule has 0 bridgehead atoms. The standard InChI is InChI=1S/C16H14Cl2O3/c17-11-6-5-10(12(18)8-11)7-13(19)16-9-20-14-3-1-2-4-15(14)21-16/h1-6,8,13,16,19H,7,9H2. The van der Waals surface area contributed by atoms with E-state index in [0.29, 0.717) is 34.6 Å². The molecule has 0 amide bonds. The fourth-order valence-electron chi connectivity index (χ4n) is 2.27. The molecule has 5 heteroatoms. The third-order valence-corrected chi connectivity index (χ3v) is 3.99. The van der Waals surface area contributed by atoms with Crippen molar-refractivity contribution in [3.63, 3.8) is 0 Å². The number of hydrogen-bond acceptors (Lipinski definition) is 3. The van der Waals surface area contributed by atoms with Crippen molar-refractivity contribution < 1.29 is 14.6 Å². The highest BCUT2D eigenvalue weighted by atomic mass is 35.5. The molecule has 0 saturated carbocycles. The predicted molar refractivity (Wildman–Crippen MR) is 82.5 cm³/mol. The van der Waals surface area contributed by atoms with Gasteiger partial charge in [0.25, 0.3) is 0 Å². The van der Waals surface area contributed by atoms with E-state index in [9.17, 15) is 5.11 Å². The van der Waals surface area contributed by atoms with Gasteiger partial charge in [-0.1, -0.05) is 41.4 Å². The van der Waals surface area contributed by atoms with Crippen LogP contribution in [0.25, 0.3) is 0 Å². The van der Waals surface area contributed by atoms with E-state index in [-0.39, 0.29) is 0 Å². The summed E-state index contributed by atoms with van der Waals surface area (Å²) >= 11 is 12.0. The molecule has 1 N–H and O–H groups in total. The van der Waals surface area contributed by atoms with E-state index >= 15 is 0 Å². The first kappa shape index (κ1) is 14.5. The summed E-state index contributed by atoms with van der Waals surface area (Å²) in [6, 6.07) is 12.6. The molecule has 0 aliphatic carbocycles. The van der Waals surface area contributed by atoms with Gasteiger partial charge in [-0.3, -0.25) is 0 Å². The average molecular weight is 325 g/mol. The van der Waals surface area contributed by atoms with Crippen LogP contribution in [0.2, 0.25) is 10.0 Å². The van der Waals surface area contributed by atoms with E-state index in [1.807, 2.05) is 30.3 Å². The lowest BCUT2D eigenvalue weighted by Gasteiger charge is -2.29. The monoisotopic (exact) mass is 324 g/mol. The van der Waals surface area contributed by atoms with Gasteiger partial charge in [0.1, 0.15) is 6.61 Å². The Kier molecular flexibility index (Phi) is 4.24. The van der Waals surface area contributed by atoms with E-state index in [2.05, 4.69) is 0 Å². The highest BCUT2D eigenvalue weighted by molar-refractivity contribution is 6.35. The molecular weight excluding hydrogens is 311 g/mol. The first-order valence-corrected chi connectivity index (χ1v) is 7.39. The van der Waals surface area contributed by atoms with Gasteiger partial charge in [0.05, 0.1) is 6.10 Å². The number of para-hydroxylation sites is 2. The van der Waals surface area contributed by atoms with Crippen LogP contribution in [-0.2, 0) is 6.42 Å². The van der Waals surface area contributed by atoms with Crippen LogP contribution < -0.4 is 9.47 Å². The molecule has 0 aromatic heterocycles. The highest BCUT2D eigenvalue weighted by Gasteiger charge is 2.28. The Balaban J connectivity index is 1.70. The Morgan fingerprint density at radius 1 is 1.14 bits per heavy atom. The van der Waals surface area contributed by atoms with Crippen molar-refractivity contribution in [2.45, 2.75) is 18.6 Å². The van der Waals surface area contributed by atoms with Gasteiger partial charge in [-0.15, -0.1) is 0 Å². The summed E-state index contributed by atoms with van der Waals surface area (Å²) in [6.07, 6.45) is -0.754. The Morgan fingerprint density at radius 3 is 2.67 bits per heavy atom. The van der Waals surface area contributed by atoms with Crippen molar-refractivity contribution in [2.75, 3.05) is 6.61 Å². The molecule has 21 heavy (non-hydrogen) atoms. The molecule has 1 aliphatic rings. The zero-order chi connectivity index (χ0) is 14.8. The summed E-state index contributed by atoms with van der Waals surface area (Å²) in [7, 11) is 0. The van der Waals surface area contributed by atoms with Crippen LogP contribution in [0.1, 0.15) is 5.56 Å². The number of ether oxygens (including phenoxy) is 2. The average Bonchev–Trinajstić information content (AvgIpc) is 2.49. The lowest BCUT2D eigenvalue weighted by molar-refractivity contribution is -0.00940.